The molecular formula is C21H42N2O6S. The molecule has 0 rings (SSSR count). The van der Waals surface area contributed by atoms with Crippen molar-refractivity contribution in [3.63, 3.8) is 0 Å². The molecular weight excluding hydrogens is 408 g/mol. The van der Waals surface area contributed by atoms with Crippen molar-refractivity contribution in [2.24, 2.45) is 0 Å². The predicted octanol–water partition coefficient (Wildman–Crippen LogP) is 2.62. The highest BCUT2D eigenvalue weighted by Gasteiger charge is 2.02. The van der Waals surface area contributed by atoms with E-state index in [9.17, 15) is 14.4 Å². The van der Waals surface area contributed by atoms with E-state index in [0.29, 0.717) is 12.8 Å². The lowest BCUT2D eigenvalue weighted by Gasteiger charge is -2.06. The van der Waals surface area contributed by atoms with Gasteiger partial charge in [0, 0.05) is 12.8 Å². The number of unbranched alkanes of at least 4 members (excludes halogenated alkanes) is 10. The summed E-state index contributed by atoms with van der Waals surface area (Å²) < 4.78 is 0. The average Bonchev–Trinajstić information content (AvgIpc) is 2.69. The fourth-order valence-electron chi connectivity index (χ4n) is 2.88. The summed E-state index contributed by atoms with van der Waals surface area (Å²) in [6.45, 7) is 1.07. The number of aliphatic hydroxyl groups is 2. The number of aliphatic carboxylic acids is 1. The van der Waals surface area contributed by atoms with Crippen molar-refractivity contribution in [2.45, 2.75) is 89.9 Å². The summed E-state index contributed by atoms with van der Waals surface area (Å²) >= 11 is 3.60. The van der Waals surface area contributed by atoms with Crippen LogP contribution in [0.1, 0.15) is 89.9 Å². The van der Waals surface area contributed by atoms with Crippen molar-refractivity contribution in [1.82, 2.24) is 10.6 Å². The second-order valence-electron chi connectivity index (χ2n) is 7.20. The molecule has 0 aliphatic carbocycles. The molecule has 30 heavy (non-hydrogen) atoms. The van der Waals surface area contributed by atoms with Crippen LogP contribution in [-0.4, -0.2) is 58.7 Å². The van der Waals surface area contributed by atoms with Crippen LogP contribution in [0.2, 0.25) is 0 Å². The second-order valence-corrected chi connectivity index (χ2v) is 7.70. The Balaban J connectivity index is 0. The standard InChI is InChI=1S/C20H38N2O4S.CH4O2/c23-18(22-17-20(26)27)13-12-16-21-15-11-9-7-5-3-1-2-4-6-8-10-14-19(24)25;2-1-3/h21H,1-17H2,(H,22,23)(H,24,25)(H,26,27);2-3H,1H2. The van der Waals surface area contributed by atoms with E-state index in [1.165, 1.54) is 51.4 Å². The van der Waals surface area contributed by atoms with E-state index in [0.717, 1.165) is 38.8 Å². The fourth-order valence-corrected chi connectivity index (χ4v) is 2.96. The zero-order valence-electron chi connectivity index (χ0n) is 18.2. The lowest BCUT2D eigenvalue weighted by atomic mass is 10.1. The Hall–Kier alpha value is -1.16. The SMILES string of the molecule is O=C(O)CCCCCCCCCCCCCNCCCC(=O)NCC(=O)S.OCO. The van der Waals surface area contributed by atoms with Crippen LogP contribution >= 0.6 is 12.6 Å². The average molecular weight is 451 g/mol. The van der Waals surface area contributed by atoms with Crippen molar-refractivity contribution >= 4 is 29.6 Å². The minimum absolute atomic E-state index is 0.00215. The molecule has 0 unspecified atom stereocenters. The molecule has 0 radical (unpaired) electrons. The van der Waals surface area contributed by atoms with Gasteiger partial charge in [-0.25, -0.2) is 0 Å². The summed E-state index contributed by atoms with van der Waals surface area (Å²) in [5.74, 6) is -0.782. The molecule has 0 bridgehead atoms. The maximum absolute atomic E-state index is 11.4. The van der Waals surface area contributed by atoms with Gasteiger partial charge in [-0.3, -0.25) is 14.4 Å². The van der Waals surface area contributed by atoms with Gasteiger partial charge in [0.15, 0.2) is 0 Å². The molecule has 0 aliphatic rings. The number of hydrogen-bond donors (Lipinski definition) is 6. The van der Waals surface area contributed by atoms with Gasteiger partial charge in [-0.2, -0.15) is 0 Å². The van der Waals surface area contributed by atoms with Crippen molar-refractivity contribution in [3.8, 4) is 0 Å². The molecule has 0 heterocycles. The van der Waals surface area contributed by atoms with Gasteiger partial charge >= 0.3 is 5.97 Å². The lowest BCUT2D eigenvalue weighted by molar-refractivity contribution is -0.137. The highest BCUT2D eigenvalue weighted by atomic mass is 32.1. The minimum atomic E-state index is -0.750. The first kappa shape index (κ1) is 31.0. The molecule has 8 nitrogen and oxygen atoms in total. The topological polar surface area (TPSA) is 136 Å². The van der Waals surface area contributed by atoms with Gasteiger partial charge in [0.05, 0.1) is 6.54 Å². The van der Waals surface area contributed by atoms with Gasteiger partial charge in [-0.05, 0) is 32.4 Å². The molecule has 0 aromatic carbocycles. The van der Waals surface area contributed by atoms with Crippen molar-refractivity contribution in [2.75, 3.05) is 26.4 Å². The predicted molar refractivity (Wildman–Crippen MR) is 121 cm³/mol. The third-order valence-electron chi connectivity index (χ3n) is 4.44. The third kappa shape index (κ3) is 31.5. The van der Waals surface area contributed by atoms with E-state index < -0.39 is 12.8 Å². The molecule has 9 heteroatoms. The second kappa shape index (κ2) is 25.9. The highest BCUT2D eigenvalue weighted by molar-refractivity contribution is 7.96. The first-order valence-corrected chi connectivity index (χ1v) is 11.5. The molecule has 1 amide bonds. The van der Waals surface area contributed by atoms with Crippen LogP contribution in [-0.2, 0) is 14.4 Å². The Bertz CT molecular complexity index is 424. The Morgan fingerprint density at radius 3 is 1.57 bits per heavy atom. The molecule has 0 saturated heterocycles. The summed E-state index contributed by atoms with van der Waals surface area (Å²) in [6.07, 6.45) is 14.6. The Morgan fingerprint density at radius 2 is 1.10 bits per heavy atom. The van der Waals surface area contributed by atoms with Gasteiger partial charge < -0.3 is 26.0 Å². The lowest BCUT2D eigenvalue weighted by Crippen LogP contribution is -2.28. The Labute approximate surface area is 186 Å². The number of carboxylic acid groups (broad SMARTS) is 1. The third-order valence-corrected chi connectivity index (χ3v) is 4.60. The maximum Gasteiger partial charge on any atom is 0.303 e. The van der Waals surface area contributed by atoms with Crippen molar-refractivity contribution in [3.05, 3.63) is 0 Å². The number of nitrogens with one attached hydrogen (secondary N) is 2. The zero-order valence-corrected chi connectivity index (χ0v) is 19.1. The number of rotatable bonds is 20. The monoisotopic (exact) mass is 450 g/mol. The number of carboxylic acids is 1. The summed E-state index contributed by atoms with van der Waals surface area (Å²) in [5.41, 5.74) is 0. The number of carbonyl (C=O) groups excluding carboxylic acids is 2. The van der Waals surface area contributed by atoms with Gasteiger partial charge in [0.2, 0.25) is 11.0 Å². The molecule has 0 aromatic heterocycles. The maximum atomic E-state index is 11.4. The number of thiol groups is 1. The summed E-state index contributed by atoms with van der Waals surface area (Å²) in [7, 11) is 0. The van der Waals surface area contributed by atoms with E-state index >= 15 is 0 Å². The summed E-state index contributed by atoms with van der Waals surface area (Å²) in [5, 5.41) is 28.4. The van der Waals surface area contributed by atoms with Gasteiger partial charge in [0.25, 0.3) is 0 Å². The van der Waals surface area contributed by atoms with Crippen molar-refractivity contribution in [1.29, 1.82) is 0 Å². The molecule has 0 aromatic rings. The van der Waals surface area contributed by atoms with Gasteiger partial charge in [-0.15, -0.1) is 12.6 Å². The van der Waals surface area contributed by atoms with Crippen LogP contribution in [0.15, 0.2) is 0 Å². The van der Waals surface area contributed by atoms with E-state index in [2.05, 4.69) is 23.3 Å². The van der Waals surface area contributed by atoms with E-state index in [4.69, 9.17) is 15.3 Å². The largest absolute Gasteiger partial charge is 0.481 e. The molecule has 0 fully saturated rings. The Morgan fingerprint density at radius 1 is 0.667 bits per heavy atom. The van der Waals surface area contributed by atoms with E-state index in [-0.39, 0.29) is 17.6 Å². The van der Waals surface area contributed by atoms with Crippen LogP contribution in [0, 0.1) is 0 Å². The van der Waals surface area contributed by atoms with Crippen LogP contribution in [0.3, 0.4) is 0 Å². The first-order valence-electron chi connectivity index (χ1n) is 11.1. The zero-order chi connectivity index (χ0) is 22.9. The van der Waals surface area contributed by atoms with Crippen LogP contribution in [0.4, 0.5) is 0 Å². The number of carbonyl (C=O) groups is 3. The molecule has 178 valence electrons. The van der Waals surface area contributed by atoms with Gasteiger partial charge in [-0.1, -0.05) is 57.8 Å². The van der Waals surface area contributed by atoms with Crippen LogP contribution in [0.25, 0.3) is 0 Å². The van der Waals surface area contributed by atoms with E-state index in [1.807, 2.05) is 0 Å². The van der Waals surface area contributed by atoms with Crippen LogP contribution < -0.4 is 10.6 Å². The van der Waals surface area contributed by atoms with E-state index in [1.54, 1.807) is 0 Å². The number of aliphatic hydroxyl groups excluding tert-OH is 1. The minimum Gasteiger partial charge on any atom is -0.481 e. The quantitative estimate of drug-likeness (QED) is 0.0953. The Kier molecular flexibility index (Phi) is 26.8. The smallest absolute Gasteiger partial charge is 0.303 e. The highest BCUT2D eigenvalue weighted by Crippen LogP contribution is 2.11. The van der Waals surface area contributed by atoms with Crippen molar-refractivity contribution < 1.29 is 29.7 Å². The summed E-state index contributed by atoms with van der Waals surface area (Å²) in [4.78, 5) is 32.4. The summed E-state index contributed by atoms with van der Waals surface area (Å²) in [6, 6.07) is 0. The normalized spacial score (nSPS) is 10.2. The molecule has 0 spiro atoms. The van der Waals surface area contributed by atoms with Crippen LogP contribution in [0.5, 0.6) is 0 Å². The number of hydrogen-bond acceptors (Lipinski definition) is 6. The first-order chi connectivity index (χ1) is 14.4. The van der Waals surface area contributed by atoms with Gasteiger partial charge in [0.1, 0.15) is 6.79 Å². The molecule has 0 atom stereocenters. The molecule has 5 N–H and O–H groups in total. The molecule has 0 saturated carbocycles. The molecule has 0 aliphatic heterocycles. The number of amides is 1. The fraction of sp³-hybridized carbons (Fsp3) is 0.857.